The maximum Gasteiger partial charge on any atom is 0.0991 e. The van der Waals surface area contributed by atoms with Crippen molar-refractivity contribution in [2.45, 2.75) is 0 Å². The summed E-state index contributed by atoms with van der Waals surface area (Å²) in [6, 6.07) is 85.6. The third kappa shape index (κ3) is 6.02. The van der Waals surface area contributed by atoms with E-state index >= 15 is 0 Å². The maximum atomic E-state index is 9.52. The van der Waals surface area contributed by atoms with Crippen molar-refractivity contribution >= 4 is 81.7 Å². The molecule has 12 rings (SSSR count). The average Bonchev–Trinajstić information content (AvgIpc) is 3.36. The van der Waals surface area contributed by atoms with E-state index in [1.165, 1.54) is 86.9 Å². The summed E-state index contributed by atoms with van der Waals surface area (Å²) in [6.45, 7) is 0. The second kappa shape index (κ2) is 14.9. The van der Waals surface area contributed by atoms with Crippen molar-refractivity contribution < 1.29 is 0 Å². The molecule has 0 aliphatic rings. The summed E-state index contributed by atoms with van der Waals surface area (Å²) in [5.41, 5.74) is 11.0. The van der Waals surface area contributed by atoms with Gasteiger partial charge in [-0.1, -0.05) is 164 Å². The molecule has 0 N–H and O–H groups in total. The Hall–Kier alpha value is -8.51. The summed E-state index contributed by atoms with van der Waals surface area (Å²) >= 11 is 0. The minimum atomic E-state index is 0.638. The molecule has 63 heavy (non-hydrogen) atoms. The minimum absolute atomic E-state index is 0.638. The normalized spacial score (nSPS) is 11.5. The molecule has 0 aromatic heterocycles. The van der Waals surface area contributed by atoms with Crippen molar-refractivity contribution in [1.82, 2.24) is 0 Å². The molecule has 2 nitrogen and oxygen atoms in total. The molecule has 12 aromatic carbocycles. The molecule has 0 amide bonds. The highest BCUT2D eigenvalue weighted by Gasteiger charge is 2.22. The van der Waals surface area contributed by atoms with Crippen LogP contribution in [0.1, 0.15) is 5.56 Å². The first-order chi connectivity index (χ1) is 31.2. The summed E-state index contributed by atoms with van der Waals surface area (Å²) in [5, 5.41) is 24.4. The van der Waals surface area contributed by atoms with Gasteiger partial charge in [-0.3, -0.25) is 0 Å². The summed E-state index contributed by atoms with van der Waals surface area (Å²) in [7, 11) is 0. The molecule has 0 atom stereocenters. The fourth-order valence-electron chi connectivity index (χ4n) is 9.97. The van der Waals surface area contributed by atoms with Crippen molar-refractivity contribution in [2.24, 2.45) is 0 Å². The van der Waals surface area contributed by atoms with Crippen LogP contribution < -0.4 is 4.90 Å². The van der Waals surface area contributed by atoms with Crippen molar-refractivity contribution in [3.8, 4) is 39.4 Å². The largest absolute Gasteiger partial charge is 0.311 e. The fraction of sp³-hybridized carbons (Fsp3) is 0. The average molecular weight is 799 g/mol. The SMILES string of the molecule is N#Cc1ccc(N(c2ccccc2)c2ccc(-c3ccc4c(-c5cc6ccccc6c6ccccc56)c5ccccc5c(-c5cc6ccccc6c6ccccc56)c4c3)cc2)cc1. The Morgan fingerprint density at radius 3 is 1.22 bits per heavy atom. The van der Waals surface area contributed by atoms with Crippen LogP contribution in [-0.2, 0) is 0 Å². The van der Waals surface area contributed by atoms with Gasteiger partial charge in [0, 0.05) is 17.1 Å². The van der Waals surface area contributed by atoms with Gasteiger partial charge in [-0.05, 0) is 165 Å². The highest BCUT2D eigenvalue weighted by molar-refractivity contribution is 6.28. The number of hydrogen-bond acceptors (Lipinski definition) is 2. The van der Waals surface area contributed by atoms with Gasteiger partial charge in [0.1, 0.15) is 0 Å². The standard InChI is InChI=1S/C61H38N2/c62-39-40-26-31-46(32-27-40)63(45-16-2-1-3-17-45)47-33-28-41(29-34-47)42-30-35-56-59(36-42)61(58-38-44-15-5-7-19-49(44)51-21-9-11-23-53(51)58)55-25-13-12-24-54(55)60(56)57-37-43-14-4-6-18-48(43)50-20-8-10-22-52(50)57/h1-38H. The minimum Gasteiger partial charge on any atom is -0.311 e. The van der Waals surface area contributed by atoms with E-state index in [4.69, 9.17) is 0 Å². The third-order valence-electron chi connectivity index (χ3n) is 12.8. The van der Waals surface area contributed by atoms with Crippen LogP contribution in [0.2, 0.25) is 0 Å². The first-order valence-electron chi connectivity index (χ1n) is 21.5. The van der Waals surface area contributed by atoms with Crippen LogP contribution in [0.25, 0.3) is 98.0 Å². The number of benzene rings is 12. The number of hydrogen-bond donors (Lipinski definition) is 0. The Morgan fingerprint density at radius 1 is 0.286 bits per heavy atom. The van der Waals surface area contributed by atoms with E-state index in [0.717, 1.165) is 28.2 Å². The van der Waals surface area contributed by atoms with E-state index in [0.29, 0.717) is 5.56 Å². The molecule has 2 heteroatoms. The van der Waals surface area contributed by atoms with Crippen LogP contribution in [0, 0.1) is 11.3 Å². The number of nitrogens with zero attached hydrogens (tertiary/aromatic N) is 2. The zero-order valence-electron chi connectivity index (χ0n) is 34.3. The Morgan fingerprint density at radius 2 is 0.683 bits per heavy atom. The first kappa shape index (κ1) is 36.4. The van der Waals surface area contributed by atoms with Crippen molar-refractivity contribution in [3.05, 3.63) is 236 Å². The Labute approximate surface area is 365 Å². The molecular formula is C61H38N2. The quantitative estimate of drug-likeness (QED) is 0.124. The molecule has 0 saturated heterocycles. The smallest absolute Gasteiger partial charge is 0.0991 e. The van der Waals surface area contributed by atoms with Gasteiger partial charge in [-0.25, -0.2) is 0 Å². The lowest BCUT2D eigenvalue weighted by molar-refractivity contribution is 1.28. The van der Waals surface area contributed by atoms with Crippen molar-refractivity contribution in [2.75, 3.05) is 4.90 Å². The van der Waals surface area contributed by atoms with Crippen LogP contribution in [-0.4, -0.2) is 0 Å². The van der Waals surface area contributed by atoms with Crippen LogP contribution >= 0.6 is 0 Å². The Bertz CT molecular complexity index is 3790. The van der Waals surface area contributed by atoms with Gasteiger partial charge in [0.25, 0.3) is 0 Å². The number of anilines is 3. The van der Waals surface area contributed by atoms with E-state index in [9.17, 15) is 5.26 Å². The van der Waals surface area contributed by atoms with Gasteiger partial charge in [0.2, 0.25) is 0 Å². The molecule has 0 saturated carbocycles. The summed E-state index contributed by atoms with van der Waals surface area (Å²) in [6.07, 6.45) is 0. The van der Waals surface area contributed by atoms with Gasteiger partial charge in [-0.15, -0.1) is 0 Å². The Kier molecular flexibility index (Phi) is 8.59. The molecule has 0 spiro atoms. The zero-order chi connectivity index (χ0) is 41.9. The third-order valence-corrected chi connectivity index (χ3v) is 12.8. The molecule has 0 aliphatic heterocycles. The zero-order valence-corrected chi connectivity index (χ0v) is 34.3. The lowest BCUT2D eigenvalue weighted by atomic mass is 9.81. The van der Waals surface area contributed by atoms with E-state index in [1.807, 2.05) is 30.3 Å². The molecule has 12 aromatic rings. The molecule has 0 unspecified atom stereocenters. The van der Waals surface area contributed by atoms with E-state index in [-0.39, 0.29) is 0 Å². The van der Waals surface area contributed by atoms with E-state index in [2.05, 4.69) is 211 Å². The van der Waals surface area contributed by atoms with Gasteiger partial charge in [0.15, 0.2) is 0 Å². The summed E-state index contributed by atoms with van der Waals surface area (Å²) < 4.78 is 0. The molecular weight excluding hydrogens is 761 g/mol. The van der Waals surface area contributed by atoms with Crippen molar-refractivity contribution in [3.63, 3.8) is 0 Å². The monoisotopic (exact) mass is 798 g/mol. The van der Waals surface area contributed by atoms with Crippen LogP contribution in [0.4, 0.5) is 17.1 Å². The van der Waals surface area contributed by atoms with Crippen LogP contribution in [0.5, 0.6) is 0 Å². The lowest BCUT2D eigenvalue weighted by Gasteiger charge is -2.25. The number of nitriles is 1. The molecule has 0 heterocycles. The fourth-order valence-corrected chi connectivity index (χ4v) is 9.97. The molecule has 0 radical (unpaired) electrons. The predicted octanol–water partition coefficient (Wildman–Crippen LogP) is 16.9. The molecule has 0 aliphatic carbocycles. The second-order valence-corrected chi connectivity index (χ2v) is 16.3. The molecule has 292 valence electrons. The number of rotatable bonds is 6. The highest BCUT2D eigenvalue weighted by Crippen LogP contribution is 2.49. The van der Waals surface area contributed by atoms with Gasteiger partial charge < -0.3 is 4.90 Å². The molecule has 0 bridgehead atoms. The number of fused-ring (bicyclic) bond motifs is 8. The van der Waals surface area contributed by atoms with Gasteiger partial charge >= 0.3 is 0 Å². The lowest BCUT2D eigenvalue weighted by Crippen LogP contribution is -2.09. The predicted molar refractivity (Wildman–Crippen MR) is 267 cm³/mol. The van der Waals surface area contributed by atoms with Crippen molar-refractivity contribution in [1.29, 1.82) is 5.26 Å². The number of para-hydroxylation sites is 1. The maximum absolute atomic E-state index is 9.52. The second-order valence-electron chi connectivity index (χ2n) is 16.3. The van der Waals surface area contributed by atoms with E-state index < -0.39 is 0 Å². The first-order valence-corrected chi connectivity index (χ1v) is 21.5. The summed E-state index contributed by atoms with van der Waals surface area (Å²) in [5.74, 6) is 0. The van der Waals surface area contributed by atoms with E-state index in [1.54, 1.807) is 0 Å². The highest BCUT2D eigenvalue weighted by atomic mass is 15.1. The summed E-state index contributed by atoms with van der Waals surface area (Å²) in [4.78, 5) is 2.24. The topological polar surface area (TPSA) is 27.0 Å². The Balaban J connectivity index is 1.13. The molecule has 0 fully saturated rings. The van der Waals surface area contributed by atoms with Crippen LogP contribution in [0.15, 0.2) is 231 Å². The van der Waals surface area contributed by atoms with Gasteiger partial charge in [0.05, 0.1) is 11.6 Å². The van der Waals surface area contributed by atoms with Gasteiger partial charge in [-0.2, -0.15) is 5.26 Å². The van der Waals surface area contributed by atoms with Crippen LogP contribution in [0.3, 0.4) is 0 Å².